The summed E-state index contributed by atoms with van der Waals surface area (Å²) in [6.45, 7) is 6.12. The number of rotatable bonds is 5. The second-order valence-corrected chi connectivity index (χ2v) is 4.89. The van der Waals surface area contributed by atoms with Crippen molar-refractivity contribution in [2.24, 2.45) is 17.6 Å². The molecule has 0 aliphatic rings. The summed E-state index contributed by atoms with van der Waals surface area (Å²) in [6.07, 6.45) is 0.770. The molecule has 0 heterocycles. The molecular formula is C14H20FNO. The number of hydrogen-bond donors (Lipinski definition) is 1. The molecule has 3 heteroatoms. The van der Waals surface area contributed by atoms with Crippen molar-refractivity contribution in [2.45, 2.75) is 27.2 Å². The second-order valence-electron chi connectivity index (χ2n) is 4.89. The van der Waals surface area contributed by atoms with Gasteiger partial charge >= 0.3 is 0 Å². The van der Waals surface area contributed by atoms with Gasteiger partial charge in [-0.15, -0.1) is 0 Å². The summed E-state index contributed by atoms with van der Waals surface area (Å²) in [5.41, 5.74) is 6.68. The van der Waals surface area contributed by atoms with E-state index in [1.807, 2.05) is 0 Å². The maximum Gasteiger partial charge on any atom is 0.167 e. The highest BCUT2D eigenvalue weighted by atomic mass is 19.1. The van der Waals surface area contributed by atoms with Gasteiger partial charge in [-0.05, 0) is 43.0 Å². The van der Waals surface area contributed by atoms with Gasteiger partial charge in [0.1, 0.15) is 5.82 Å². The minimum atomic E-state index is -0.283. The molecule has 0 aliphatic heterocycles. The largest absolute Gasteiger partial charge is 0.330 e. The Morgan fingerprint density at radius 3 is 2.53 bits per heavy atom. The maximum atomic E-state index is 13.1. The molecule has 2 N–H and O–H groups in total. The molecule has 0 fully saturated rings. The first kappa shape index (κ1) is 13.8. The lowest BCUT2D eigenvalue weighted by Gasteiger charge is -2.16. The van der Waals surface area contributed by atoms with Crippen LogP contribution in [0, 0.1) is 24.6 Å². The van der Waals surface area contributed by atoms with Crippen molar-refractivity contribution in [1.29, 1.82) is 0 Å². The number of ketones is 1. The molecule has 0 spiro atoms. The van der Waals surface area contributed by atoms with Gasteiger partial charge in [0.25, 0.3) is 0 Å². The van der Waals surface area contributed by atoms with Crippen molar-refractivity contribution in [3.8, 4) is 0 Å². The monoisotopic (exact) mass is 237 g/mol. The summed E-state index contributed by atoms with van der Waals surface area (Å²) in [4.78, 5) is 12.2. The summed E-state index contributed by atoms with van der Waals surface area (Å²) in [5, 5.41) is 0. The van der Waals surface area contributed by atoms with Gasteiger partial charge in [0.05, 0.1) is 0 Å². The van der Waals surface area contributed by atoms with E-state index < -0.39 is 0 Å². The average Bonchev–Trinajstić information content (AvgIpc) is 2.28. The highest BCUT2D eigenvalue weighted by molar-refractivity contribution is 5.98. The van der Waals surface area contributed by atoms with E-state index in [9.17, 15) is 9.18 Å². The number of benzene rings is 1. The van der Waals surface area contributed by atoms with Crippen LogP contribution in [0.15, 0.2) is 18.2 Å². The summed E-state index contributed by atoms with van der Waals surface area (Å²) < 4.78 is 13.1. The van der Waals surface area contributed by atoms with Crippen LogP contribution in [0.3, 0.4) is 0 Å². The average molecular weight is 237 g/mol. The number of nitrogens with two attached hydrogens (primary N) is 1. The summed E-state index contributed by atoms with van der Waals surface area (Å²) in [6, 6.07) is 4.47. The fraction of sp³-hybridized carbons (Fsp3) is 0.500. The first-order valence-corrected chi connectivity index (χ1v) is 5.96. The number of halogens is 1. The number of hydrogen-bond acceptors (Lipinski definition) is 2. The normalized spacial score (nSPS) is 12.8. The molecule has 0 aromatic heterocycles. The molecule has 17 heavy (non-hydrogen) atoms. The molecule has 0 amide bonds. The van der Waals surface area contributed by atoms with Gasteiger partial charge in [0, 0.05) is 18.0 Å². The topological polar surface area (TPSA) is 43.1 Å². The van der Waals surface area contributed by atoms with Crippen molar-refractivity contribution in [3.63, 3.8) is 0 Å². The van der Waals surface area contributed by atoms with Gasteiger partial charge < -0.3 is 5.73 Å². The van der Waals surface area contributed by atoms with E-state index in [0.29, 0.717) is 23.6 Å². The molecule has 1 unspecified atom stereocenters. The van der Waals surface area contributed by atoms with Crippen LogP contribution in [0.2, 0.25) is 0 Å². The van der Waals surface area contributed by atoms with Crippen LogP contribution in [-0.2, 0) is 0 Å². The molecular weight excluding hydrogens is 217 g/mol. The highest BCUT2D eigenvalue weighted by Gasteiger charge is 2.20. The molecule has 2 nitrogen and oxygen atoms in total. The fourth-order valence-corrected chi connectivity index (χ4v) is 1.91. The Balaban J connectivity index is 2.90. The zero-order valence-corrected chi connectivity index (χ0v) is 10.7. The first-order chi connectivity index (χ1) is 7.95. The van der Waals surface area contributed by atoms with E-state index in [2.05, 4.69) is 13.8 Å². The summed E-state index contributed by atoms with van der Waals surface area (Å²) in [5.74, 6) is -0.00656. The lowest BCUT2D eigenvalue weighted by molar-refractivity contribution is 0.0908. The molecule has 0 bridgehead atoms. The van der Waals surface area contributed by atoms with Crippen molar-refractivity contribution >= 4 is 5.78 Å². The molecule has 1 aromatic carbocycles. The van der Waals surface area contributed by atoms with Crippen molar-refractivity contribution in [2.75, 3.05) is 6.54 Å². The Morgan fingerprint density at radius 1 is 1.41 bits per heavy atom. The Morgan fingerprint density at radius 2 is 2.06 bits per heavy atom. The molecule has 0 saturated carbocycles. The van der Waals surface area contributed by atoms with E-state index in [0.717, 1.165) is 6.42 Å². The predicted molar refractivity (Wildman–Crippen MR) is 67.5 cm³/mol. The lowest BCUT2D eigenvalue weighted by atomic mass is 9.89. The standard InChI is InChI=1S/C14H20FNO/c1-9(2)6-12(8-16)14(17)11-4-5-13(15)10(3)7-11/h4-5,7,9,12H,6,8,16H2,1-3H3. The van der Waals surface area contributed by atoms with E-state index in [4.69, 9.17) is 5.73 Å². The van der Waals surface area contributed by atoms with E-state index >= 15 is 0 Å². The summed E-state index contributed by atoms with van der Waals surface area (Å²) in [7, 11) is 0. The minimum absolute atomic E-state index is 0.0179. The Kier molecular flexibility index (Phi) is 4.82. The van der Waals surface area contributed by atoms with E-state index in [-0.39, 0.29) is 17.5 Å². The van der Waals surface area contributed by atoms with Crippen molar-refractivity contribution in [1.82, 2.24) is 0 Å². The third kappa shape index (κ3) is 3.63. The molecule has 1 rings (SSSR count). The zero-order valence-electron chi connectivity index (χ0n) is 10.7. The second kappa shape index (κ2) is 5.92. The van der Waals surface area contributed by atoms with Gasteiger partial charge in [0.15, 0.2) is 5.78 Å². The van der Waals surface area contributed by atoms with Gasteiger partial charge in [-0.2, -0.15) is 0 Å². The van der Waals surface area contributed by atoms with Crippen LogP contribution in [0.1, 0.15) is 36.2 Å². The Hall–Kier alpha value is -1.22. The predicted octanol–water partition coefficient (Wildman–Crippen LogP) is 2.94. The molecule has 94 valence electrons. The quantitative estimate of drug-likeness (QED) is 0.800. The molecule has 0 aliphatic carbocycles. The number of carbonyl (C=O) groups is 1. The SMILES string of the molecule is Cc1cc(C(=O)C(CN)CC(C)C)ccc1F. The minimum Gasteiger partial charge on any atom is -0.330 e. The highest BCUT2D eigenvalue weighted by Crippen LogP contribution is 2.18. The van der Waals surface area contributed by atoms with Crippen molar-refractivity contribution in [3.05, 3.63) is 35.1 Å². The number of Topliss-reactive ketones (excluding diaryl/α,β-unsaturated/α-hetero) is 1. The van der Waals surface area contributed by atoms with E-state index in [1.54, 1.807) is 13.0 Å². The van der Waals surface area contributed by atoms with Crippen LogP contribution < -0.4 is 5.73 Å². The smallest absolute Gasteiger partial charge is 0.167 e. The Bertz CT molecular complexity index is 401. The van der Waals surface area contributed by atoms with Gasteiger partial charge in [-0.1, -0.05) is 13.8 Å². The number of aryl methyl sites for hydroxylation is 1. The lowest BCUT2D eigenvalue weighted by Crippen LogP contribution is -2.25. The van der Waals surface area contributed by atoms with Crippen LogP contribution in [0.25, 0.3) is 0 Å². The zero-order chi connectivity index (χ0) is 13.0. The molecule has 0 saturated heterocycles. The fourth-order valence-electron chi connectivity index (χ4n) is 1.91. The van der Waals surface area contributed by atoms with Crippen molar-refractivity contribution < 1.29 is 9.18 Å². The van der Waals surface area contributed by atoms with Gasteiger partial charge in [0.2, 0.25) is 0 Å². The molecule has 1 atom stereocenters. The van der Waals surface area contributed by atoms with Crippen LogP contribution in [-0.4, -0.2) is 12.3 Å². The van der Waals surface area contributed by atoms with Gasteiger partial charge in [-0.3, -0.25) is 4.79 Å². The third-order valence-electron chi connectivity index (χ3n) is 2.85. The van der Waals surface area contributed by atoms with Gasteiger partial charge in [-0.25, -0.2) is 4.39 Å². The first-order valence-electron chi connectivity index (χ1n) is 5.96. The van der Waals surface area contributed by atoms with Crippen LogP contribution in [0.5, 0.6) is 0 Å². The third-order valence-corrected chi connectivity index (χ3v) is 2.85. The Labute approximate surface area is 102 Å². The maximum absolute atomic E-state index is 13.1. The van der Waals surface area contributed by atoms with Crippen LogP contribution in [0.4, 0.5) is 4.39 Å². The van der Waals surface area contributed by atoms with Crippen LogP contribution >= 0.6 is 0 Å². The van der Waals surface area contributed by atoms with E-state index in [1.165, 1.54) is 12.1 Å². The number of carbonyl (C=O) groups excluding carboxylic acids is 1. The molecule has 1 aromatic rings. The molecule has 0 radical (unpaired) electrons. The summed E-state index contributed by atoms with van der Waals surface area (Å²) >= 11 is 0.